The normalized spacial score (nSPS) is 13.8. The smallest absolute Gasteiger partial charge is 0.334 e. The molecule has 20 heavy (non-hydrogen) atoms. The van der Waals surface area contributed by atoms with Crippen LogP contribution in [0.15, 0.2) is 36.7 Å². The van der Waals surface area contributed by atoms with E-state index < -0.39 is 23.1 Å². The van der Waals surface area contributed by atoms with Crippen LogP contribution in [-0.2, 0) is 10.3 Å². The van der Waals surface area contributed by atoms with Gasteiger partial charge in [-0.05, 0) is 25.1 Å². The Morgan fingerprint density at radius 1 is 1.45 bits per heavy atom. The van der Waals surface area contributed by atoms with Gasteiger partial charge in [0.15, 0.2) is 17.2 Å². The van der Waals surface area contributed by atoms with E-state index in [4.69, 9.17) is 4.74 Å². The van der Waals surface area contributed by atoms with E-state index in [2.05, 4.69) is 5.10 Å². The highest BCUT2D eigenvalue weighted by molar-refractivity contribution is 5.76. The lowest BCUT2D eigenvalue weighted by atomic mass is 10.1. The number of rotatable bonds is 5. The summed E-state index contributed by atoms with van der Waals surface area (Å²) in [6.45, 7) is 1.14. The van der Waals surface area contributed by atoms with Gasteiger partial charge in [-0.2, -0.15) is 5.10 Å². The summed E-state index contributed by atoms with van der Waals surface area (Å²) in [5, 5.41) is 13.2. The summed E-state index contributed by atoms with van der Waals surface area (Å²) in [7, 11) is 0. The van der Waals surface area contributed by atoms with Gasteiger partial charge < -0.3 is 9.84 Å². The third-order valence-corrected chi connectivity index (χ3v) is 2.88. The van der Waals surface area contributed by atoms with E-state index in [9.17, 15) is 18.7 Å². The van der Waals surface area contributed by atoms with Gasteiger partial charge >= 0.3 is 5.97 Å². The number of carboxylic acid groups (broad SMARTS) is 1. The Hall–Kier alpha value is -2.44. The molecule has 2 aromatic rings. The molecule has 106 valence electrons. The van der Waals surface area contributed by atoms with Crippen molar-refractivity contribution in [3.8, 4) is 5.75 Å². The Balaban J connectivity index is 2.18. The van der Waals surface area contributed by atoms with E-state index in [1.54, 1.807) is 6.07 Å². The zero-order valence-corrected chi connectivity index (χ0v) is 10.6. The van der Waals surface area contributed by atoms with Crippen LogP contribution in [0, 0.1) is 11.6 Å². The minimum absolute atomic E-state index is 0.0449. The van der Waals surface area contributed by atoms with Gasteiger partial charge in [0.1, 0.15) is 12.4 Å². The molecule has 0 aliphatic carbocycles. The van der Waals surface area contributed by atoms with Crippen molar-refractivity contribution in [3.63, 3.8) is 0 Å². The Labute approximate surface area is 113 Å². The second kappa shape index (κ2) is 5.28. The zero-order chi connectivity index (χ0) is 14.8. The highest BCUT2D eigenvalue weighted by Gasteiger charge is 2.37. The highest BCUT2D eigenvalue weighted by Crippen LogP contribution is 2.20. The van der Waals surface area contributed by atoms with Crippen LogP contribution in [0.3, 0.4) is 0 Å². The van der Waals surface area contributed by atoms with Gasteiger partial charge in [0.05, 0.1) is 0 Å². The predicted molar refractivity (Wildman–Crippen MR) is 65.4 cm³/mol. The quantitative estimate of drug-likeness (QED) is 0.911. The van der Waals surface area contributed by atoms with Gasteiger partial charge in [-0.3, -0.25) is 4.68 Å². The molecule has 0 aliphatic rings. The SMILES string of the molecule is CC(COc1ccc(F)c(F)c1)(C(=O)O)n1cccn1. The van der Waals surface area contributed by atoms with Crippen molar-refractivity contribution in [2.45, 2.75) is 12.5 Å². The van der Waals surface area contributed by atoms with Gasteiger partial charge in [0.25, 0.3) is 0 Å². The number of hydrogen-bond donors (Lipinski definition) is 1. The molecule has 5 nitrogen and oxygen atoms in total. The van der Waals surface area contributed by atoms with Crippen molar-refractivity contribution in [2.24, 2.45) is 0 Å². The summed E-state index contributed by atoms with van der Waals surface area (Å²) >= 11 is 0. The molecule has 0 saturated heterocycles. The number of carbonyl (C=O) groups is 1. The van der Waals surface area contributed by atoms with Crippen LogP contribution in [0.25, 0.3) is 0 Å². The van der Waals surface area contributed by atoms with Crippen molar-refractivity contribution < 1.29 is 23.4 Å². The third-order valence-electron chi connectivity index (χ3n) is 2.88. The van der Waals surface area contributed by atoms with E-state index >= 15 is 0 Å². The predicted octanol–water partition coefficient (Wildman–Crippen LogP) is 2.04. The molecular weight excluding hydrogens is 270 g/mol. The minimum Gasteiger partial charge on any atom is -0.490 e. The molecular formula is C13H12F2N2O3. The summed E-state index contributed by atoms with van der Waals surface area (Å²) in [5.41, 5.74) is -1.45. The van der Waals surface area contributed by atoms with E-state index in [0.29, 0.717) is 0 Å². The number of benzene rings is 1. The first kappa shape index (κ1) is 14.0. The summed E-state index contributed by atoms with van der Waals surface area (Å²) in [5.74, 6) is -3.16. The summed E-state index contributed by atoms with van der Waals surface area (Å²) in [6, 6.07) is 4.58. The molecule has 0 bridgehead atoms. The topological polar surface area (TPSA) is 64.3 Å². The molecule has 1 heterocycles. The maximum absolute atomic E-state index is 13.0. The lowest BCUT2D eigenvalue weighted by molar-refractivity contribution is -0.148. The van der Waals surface area contributed by atoms with Crippen LogP contribution in [0.1, 0.15) is 6.92 Å². The standard InChI is InChI=1S/C13H12F2N2O3/c1-13(12(18)19,17-6-2-5-16-17)8-20-9-3-4-10(14)11(15)7-9/h2-7H,8H2,1H3,(H,18,19). The summed E-state index contributed by atoms with van der Waals surface area (Å²) in [6.07, 6.45) is 2.93. The average Bonchev–Trinajstić information content (AvgIpc) is 2.94. The van der Waals surface area contributed by atoms with Crippen molar-refractivity contribution in [1.29, 1.82) is 0 Å². The van der Waals surface area contributed by atoms with Crippen molar-refractivity contribution in [2.75, 3.05) is 6.61 Å². The Bertz CT molecular complexity index is 616. The fourth-order valence-corrected chi connectivity index (χ4v) is 1.58. The molecule has 1 aromatic carbocycles. The molecule has 0 saturated carbocycles. The largest absolute Gasteiger partial charge is 0.490 e. The molecule has 2 rings (SSSR count). The lowest BCUT2D eigenvalue weighted by Crippen LogP contribution is -2.44. The fraction of sp³-hybridized carbons (Fsp3) is 0.231. The summed E-state index contributed by atoms with van der Waals surface area (Å²) in [4.78, 5) is 11.4. The minimum atomic E-state index is -1.45. The number of hydrogen-bond acceptors (Lipinski definition) is 3. The number of aromatic nitrogens is 2. The molecule has 0 aliphatic heterocycles. The van der Waals surface area contributed by atoms with Crippen LogP contribution in [-0.4, -0.2) is 27.5 Å². The van der Waals surface area contributed by atoms with Gasteiger partial charge in [0, 0.05) is 18.5 Å². The molecule has 0 amide bonds. The molecule has 1 aromatic heterocycles. The molecule has 0 spiro atoms. The van der Waals surface area contributed by atoms with E-state index in [1.165, 1.54) is 30.1 Å². The van der Waals surface area contributed by atoms with Crippen LogP contribution < -0.4 is 4.74 Å². The Kier molecular flexibility index (Phi) is 3.69. The molecule has 0 fully saturated rings. The van der Waals surface area contributed by atoms with Crippen molar-refractivity contribution in [1.82, 2.24) is 9.78 Å². The molecule has 1 N–H and O–H groups in total. The lowest BCUT2D eigenvalue weighted by Gasteiger charge is -2.25. The molecule has 0 radical (unpaired) electrons. The summed E-state index contributed by atoms with van der Waals surface area (Å²) < 4.78 is 32.3. The van der Waals surface area contributed by atoms with Gasteiger partial charge in [-0.1, -0.05) is 0 Å². The first-order valence-electron chi connectivity index (χ1n) is 5.75. The number of carboxylic acids is 1. The van der Waals surface area contributed by atoms with Crippen LogP contribution in [0.5, 0.6) is 5.75 Å². The Morgan fingerprint density at radius 2 is 2.20 bits per heavy atom. The Morgan fingerprint density at radius 3 is 2.75 bits per heavy atom. The van der Waals surface area contributed by atoms with Crippen molar-refractivity contribution >= 4 is 5.97 Å². The highest BCUT2D eigenvalue weighted by atomic mass is 19.2. The van der Waals surface area contributed by atoms with E-state index in [1.807, 2.05) is 0 Å². The van der Waals surface area contributed by atoms with Gasteiger partial charge in [0.2, 0.25) is 0 Å². The monoisotopic (exact) mass is 282 g/mol. The second-order valence-corrected chi connectivity index (χ2v) is 4.39. The van der Waals surface area contributed by atoms with Crippen LogP contribution >= 0.6 is 0 Å². The second-order valence-electron chi connectivity index (χ2n) is 4.39. The maximum Gasteiger partial charge on any atom is 0.334 e. The fourth-order valence-electron chi connectivity index (χ4n) is 1.58. The molecule has 7 heteroatoms. The van der Waals surface area contributed by atoms with Gasteiger partial charge in [-0.25, -0.2) is 13.6 Å². The number of nitrogens with zero attached hydrogens (tertiary/aromatic N) is 2. The van der Waals surface area contributed by atoms with Crippen molar-refractivity contribution in [3.05, 3.63) is 48.3 Å². The average molecular weight is 282 g/mol. The zero-order valence-electron chi connectivity index (χ0n) is 10.6. The van der Waals surface area contributed by atoms with E-state index in [0.717, 1.165) is 12.1 Å². The number of aliphatic carboxylic acids is 1. The van der Waals surface area contributed by atoms with Crippen LogP contribution in [0.2, 0.25) is 0 Å². The first-order chi connectivity index (χ1) is 9.43. The number of halogens is 2. The maximum atomic E-state index is 13.0. The molecule has 1 atom stereocenters. The first-order valence-corrected chi connectivity index (χ1v) is 5.75. The van der Waals surface area contributed by atoms with Crippen LogP contribution in [0.4, 0.5) is 8.78 Å². The number of ether oxygens (including phenoxy) is 1. The van der Waals surface area contributed by atoms with Gasteiger partial charge in [-0.15, -0.1) is 0 Å². The molecule has 1 unspecified atom stereocenters. The van der Waals surface area contributed by atoms with E-state index in [-0.39, 0.29) is 12.4 Å². The third kappa shape index (κ3) is 2.61.